The van der Waals surface area contributed by atoms with E-state index in [0.29, 0.717) is 25.7 Å². The number of carbonyl (C=O) groups excluding carboxylic acids is 1. The van der Waals surface area contributed by atoms with Gasteiger partial charge in [-0.05, 0) is 37.0 Å². The standard InChI is InChI=1S/C21H32O7/c1-18(2)5-4-13(23)19-9-28-21(26,17(25)15(18)19)20-7-10(6-12(22)14(19)20)11(8-27-3)16(20)24/h10-15,17,22-23,25-26H,4-9H2,1-3H3/t10-,11-,12+,13+,14-,15-,17+,19-,20+,21-/m1/s1. The van der Waals surface area contributed by atoms with E-state index in [1.54, 1.807) is 0 Å². The molecule has 7 heteroatoms. The van der Waals surface area contributed by atoms with Gasteiger partial charge in [0.1, 0.15) is 6.10 Å². The predicted octanol–water partition coefficient (Wildman–Crippen LogP) is 0.0820. The van der Waals surface area contributed by atoms with E-state index in [1.807, 2.05) is 13.8 Å². The molecular formula is C21H32O7. The van der Waals surface area contributed by atoms with Crippen LogP contribution in [-0.2, 0) is 14.3 Å². The van der Waals surface area contributed by atoms with Crippen molar-refractivity contribution in [3.63, 3.8) is 0 Å². The van der Waals surface area contributed by atoms with Crippen molar-refractivity contribution in [2.45, 2.75) is 63.6 Å². The van der Waals surface area contributed by atoms with Crippen LogP contribution in [0.5, 0.6) is 0 Å². The average Bonchev–Trinajstić information content (AvgIpc) is 2.83. The van der Waals surface area contributed by atoms with Crippen molar-refractivity contribution in [1.82, 2.24) is 0 Å². The van der Waals surface area contributed by atoms with Crippen LogP contribution >= 0.6 is 0 Å². The molecule has 6 fully saturated rings. The maximum absolute atomic E-state index is 13.7. The summed E-state index contributed by atoms with van der Waals surface area (Å²) in [4.78, 5) is 13.7. The largest absolute Gasteiger partial charge is 0.393 e. The molecule has 4 saturated carbocycles. The minimum atomic E-state index is -2.04. The third-order valence-electron chi connectivity index (χ3n) is 9.32. The lowest BCUT2D eigenvalue weighted by atomic mass is 9.35. The van der Waals surface area contributed by atoms with E-state index >= 15 is 0 Å². The molecule has 0 unspecified atom stereocenters. The summed E-state index contributed by atoms with van der Waals surface area (Å²) < 4.78 is 11.2. The molecule has 158 valence electrons. The molecule has 0 aromatic heterocycles. The highest BCUT2D eigenvalue weighted by atomic mass is 16.6. The number of aliphatic hydroxyl groups excluding tert-OH is 3. The first-order chi connectivity index (χ1) is 13.1. The maximum Gasteiger partial charge on any atom is 0.205 e. The van der Waals surface area contributed by atoms with Crippen LogP contribution in [0, 0.1) is 39.9 Å². The van der Waals surface area contributed by atoms with Gasteiger partial charge in [-0.15, -0.1) is 0 Å². The van der Waals surface area contributed by atoms with E-state index in [-0.39, 0.29) is 30.3 Å². The van der Waals surface area contributed by atoms with E-state index in [1.165, 1.54) is 7.11 Å². The van der Waals surface area contributed by atoms with Crippen LogP contribution in [0.15, 0.2) is 0 Å². The highest BCUT2D eigenvalue weighted by molar-refractivity contribution is 5.92. The first-order valence-corrected chi connectivity index (χ1v) is 10.5. The van der Waals surface area contributed by atoms with Gasteiger partial charge in [0, 0.05) is 30.3 Å². The molecule has 4 N–H and O–H groups in total. The summed E-state index contributed by atoms with van der Waals surface area (Å²) >= 11 is 0. The Morgan fingerprint density at radius 3 is 2.61 bits per heavy atom. The number of aliphatic hydroxyl groups is 4. The lowest BCUT2D eigenvalue weighted by Crippen LogP contribution is -2.85. The van der Waals surface area contributed by atoms with Crippen molar-refractivity contribution in [2.24, 2.45) is 39.9 Å². The van der Waals surface area contributed by atoms with Gasteiger partial charge in [0.2, 0.25) is 5.79 Å². The van der Waals surface area contributed by atoms with Gasteiger partial charge < -0.3 is 29.9 Å². The van der Waals surface area contributed by atoms with E-state index in [2.05, 4.69) is 0 Å². The molecule has 2 aliphatic heterocycles. The molecule has 7 nitrogen and oxygen atoms in total. The van der Waals surface area contributed by atoms with Gasteiger partial charge in [0.25, 0.3) is 0 Å². The lowest BCUT2D eigenvalue weighted by molar-refractivity contribution is -0.455. The van der Waals surface area contributed by atoms with Crippen molar-refractivity contribution in [2.75, 3.05) is 20.3 Å². The van der Waals surface area contributed by atoms with E-state index in [0.717, 1.165) is 0 Å². The van der Waals surface area contributed by atoms with Gasteiger partial charge in [-0.2, -0.15) is 0 Å². The Kier molecular flexibility index (Phi) is 3.85. The summed E-state index contributed by atoms with van der Waals surface area (Å²) in [5, 5.41) is 45.7. The Bertz CT molecular complexity index is 709. The quantitative estimate of drug-likeness (QED) is 0.522. The second-order valence-corrected chi connectivity index (χ2v) is 10.7. The number of hydrogen-bond acceptors (Lipinski definition) is 7. The topological polar surface area (TPSA) is 116 Å². The molecule has 10 atom stereocenters. The maximum atomic E-state index is 13.7. The average molecular weight is 396 g/mol. The van der Waals surface area contributed by atoms with Crippen LogP contribution in [-0.4, -0.2) is 70.6 Å². The van der Waals surface area contributed by atoms with E-state index < -0.39 is 52.7 Å². The van der Waals surface area contributed by atoms with Crippen LogP contribution in [0.1, 0.15) is 39.5 Å². The Hall–Kier alpha value is -0.570. The van der Waals surface area contributed by atoms with E-state index in [9.17, 15) is 25.2 Å². The third-order valence-corrected chi connectivity index (χ3v) is 9.32. The summed E-state index contributed by atoms with van der Waals surface area (Å²) in [6, 6.07) is 0. The second-order valence-electron chi connectivity index (χ2n) is 10.7. The monoisotopic (exact) mass is 396 g/mol. The molecule has 4 bridgehead atoms. The molecule has 0 amide bonds. The smallest absolute Gasteiger partial charge is 0.205 e. The molecule has 4 aliphatic carbocycles. The molecule has 2 saturated heterocycles. The summed E-state index contributed by atoms with van der Waals surface area (Å²) in [6.45, 7) is 4.34. The number of Topliss-reactive ketones (excluding diaryl/α,β-unsaturated/α-hetero) is 1. The second kappa shape index (κ2) is 5.56. The Morgan fingerprint density at radius 1 is 1.21 bits per heavy atom. The molecule has 2 heterocycles. The number of hydrogen-bond donors (Lipinski definition) is 4. The van der Waals surface area contributed by atoms with Crippen molar-refractivity contribution in [3.05, 3.63) is 0 Å². The number of methoxy groups -OCH3 is 1. The Morgan fingerprint density at radius 2 is 1.93 bits per heavy atom. The first kappa shape index (κ1) is 19.4. The summed E-state index contributed by atoms with van der Waals surface area (Å²) in [6.07, 6.45) is -0.899. The summed E-state index contributed by atoms with van der Waals surface area (Å²) in [7, 11) is 1.54. The minimum absolute atomic E-state index is 0.0478. The highest BCUT2D eigenvalue weighted by Crippen LogP contribution is 2.76. The zero-order valence-electron chi connectivity index (χ0n) is 16.8. The lowest BCUT2D eigenvalue weighted by Gasteiger charge is -2.74. The van der Waals surface area contributed by atoms with Gasteiger partial charge in [0.05, 0.1) is 30.8 Å². The molecular weight excluding hydrogens is 364 g/mol. The van der Waals surface area contributed by atoms with Crippen molar-refractivity contribution in [3.8, 4) is 0 Å². The Labute approximate surface area is 165 Å². The number of ether oxygens (including phenoxy) is 2. The third kappa shape index (κ3) is 1.82. The van der Waals surface area contributed by atoms with E-state index in [4.69, 9.17) is 9.47 Å². The van der Waals surface area contributed by atoms with Gasteiger partial charge in [0.15, 0.2) is 5.78 Å². The molecule has 0 radical (unpaired) electrons. The number of ketones is 1. The zero-order valence-corrected chi connectivity index (χ0v) is 16.8. The number of carbonyl (C=O) groups is 1. The minimum Gasteiger partial charge on any atom is -0.393 e. The van der Waals surface area contributed by atoms with Gasteiger partial charge in [-0.1, -0.05) is 13.8 Å². The highest BCUT2D eigenvalue weighted by Gasteiger charge is 2.86. The van der Waals surface area contributed by atoms with Crippen LogP contribution in [0.3, 0.4) is 0 Å². The summed E-state index contributed by atoms with van der Waals surface area (Å²) in [5.74, 6) is -3.88. The fourth-order valence-corrected chi connectivity index (χ4v) is 8.46. The van der Waals surface area contributed by atoms with Gasteiger partial charge in [-0.3, -0.25) is 4.79 Å². The van der Waals surface area contributed by atoms with Crippen LogP contribution < -0.4 is 0 Å². The van der Waals surface area contributed by atoms with Crippen molar-refractivity contribution < 1.29 is 34.7 Å². The molecule has 28 heavy (non-hydrogen) atoms. The van der Waals surface area contributed by atoms with Crippen LogP contribution in [0.2, 0.25) is 0 Å². The molecule has 0 aromatic carbocycles. The van der Waals surface area contributed by atoms with Gasteiger partial charge in [-0.25, -0.2) is 0 Å². The zero-order chi connectivity index (χ0) is 20.3. The predicted molar refractivity (Wildman–Crippen MR) is 96.9 cm³/mol. The fraction of sp³-hybridized carbons (Fsp3) is 0.952. The molecule has 6 rings (SSSR count). The van der Waals surface area contributed by atoms with Crippen LogP contribution in [0.4, 0.5) is 0 Å². The first-order valence-electron chi connectivity index (χ1n) is 10.5. The number of fused-ring (bicyclic) bond motifs is 2. The normalized spacial score (nSPS) is 59.1. The fourth-order valence-electron chi connectivity index (χ4n) is 8.46. The number of rotatable bonds is 2. The van der Waals surface area contributed by atoms with Gasteiger partial charge >= 0.3 is 0 Å². The Balaban J connectivity index is 1.75. The van der Waals surface area contributed by atoms with Crippen molar-refractivity contribution >= 4 is 5.78 Å². The molecule has 6 aliphatic rings. The SMILES string of the molecule is COC[C@H]1C(=O)[C@]23C[C@H]1C[C@H](O)[C@@H]2[C@]12CO[C@]3(O)[C@@H](O)[C@@H]1C(C)(C)CC[C@@H]2O. The van der Waals surface area contributed by atoms with Crippen molar-refractivity contribution in [1.29, 1.82) is 0 Å². The van der Waals surface area contributed by atoms with Crippen LogP contribution in [0.25, 0.3) is 0 Å². The molecule has 0 aromatic rings. The summed E-state index contributed by atoms with van der Waals surface area (Å²) in [5.41, 5.74) is -2.71. The molecule has 2 spiro atoms.